The molecule has 100 valence electrons. The summed E-state index contributed by atoms with van der Waals surface area (Å²) in [6.45, 7) is 6.21. The van der Waals surface area contributed by atoms with E-state index in [1.54, 1.807) is 0 Å². The Morgan fingerprint density at radius 2 is 1.55 bits per heavy atom. The van der Waals surface area contributed by atoms with Crippen LogP contribution >= 0.6 is 0 Å². The molecule has 0 amide bonds. The van der Waals surface area contributed by atoms with Crippen molar-refractivity contribution in [3.8, 4) is 11.4 Å². The fourth-order valence-electron chi connectivity index (χ4n) is 2.45. The summed E-state index contributed by atoms with van der Waals surface area (Å²) in [4.78, 5) is 0. The molecule has 20 heavy (non-hydrogen) atoms. The Bertz CT molecular complexity index is 788. The van der Waals surface area contributed by atoms with E-state index >= 15 is 0 Å². The number of hydrogen-bond donors (Lipinski definition) is 0. The Hall–Kier alpha value is -2.35. The summed E-state index contributed by atoms with van der Waals surface area (Å²) in [6.07, 6.45) is 0.477. The molecule has 0 atom stereocenters. The Balaban J connectivity index is 2.28. The number of benzene rings is 2. The van der Waals surface area contributed by atoms with Gasteiger partial charge in [0.1, 0.15) is 22.8 Å². The summed E-state index contributed by atoms with van der Waals surface area (Å²) in [6, 6.07) is 18.3. The number of hydrogen-bond acceptors (Lipinski definition) is 0. The lowest BCUT2D eigenvalue weighted by Crippen LogP contribution is -2.32. The molecule has 2 nitrogen and oxygen atoms in total. The summed E-state index contributed by atoms with van der Waals surface area (Å²) < 4.78 is 12.6. The number of imidazole rings is 1. The summed E-state index contributed by atoms with van der Waals surface area (Å²) in [5, 5.41) is 0. The molecular formula is C18H19N2+. The van der Waals surface area contributed by atoms with Crippen molar-refractivity contribution in [1.29, 1.82) is 0 Å². The van der Waals surface area contributed by atoms with E-state index in [9.17, 15) is 0 Å². The van der Waals surface area contributed by atoms with Crippen LogP contribution in [0.25, 0.3) is 11.4 Å². The maximum atomic E-state index is 8.61. The Kier molecular flexibility index (Phi) is 2.85. The van der Waals surface area contributed by atoms with E-state index in [4.69, 9.17) is 1.37 Å². The average molecular weight is 264 g/mol. The molecule has 1 aromatic heterocycles. The quantitative estimate of drug-likeness (QED) is 0.624. The molecular weight excluding hydrogens is 244 g/mol. The molecule has 2 heteroatoms. The van der Waals surface area contributed by atoms with Crippen LogP contribution in [0.2, 0.25) is 0 Å². The minimum absolute atomic E-state index is 0.477. The monoisotopic (exact) mass is 264 g/mol. The average Bonchev–Trinajstić information content (AvgIpc) is 2.71. The molecule has 0 fully saturated rings. The van der Waals surface area contributed by atoms with Crippen molar-refractivity contribution in [2.45, 2.75) is 20.8 Å². The summed E-state index contributed by atoms with van der Waals surface area (Å²) in [5.41, 5.74) is 5.45. The first kappa shape index (κ1) is 11.5. The van der Waals surface area contributed by atoms with Crippen LogP contribution in [0.4, 0.5) is 0 Å². The van der Waals surface area contributed by atoms with E-state index in [1.807, 2.05) is 51.6 Å². The second-order valence-electron chi connectivity index (χ2n) is 5.06. The fraction of sp³-hybridized carbons (Fsp3) is 0.167. The molecule has 0 saturated carbocycles. The van der Waals surface area contributed by atoms with Crippen molar-refractivity contribution in [2.24, 2.45) is 0 Å². The molecule has 0 radical (unpaired) electrons. The van der Waals surface area contributed by atoms with Crippen molar-refractivity contribution in [3.63, 3.8) is 0 Å². The smallest absolute Gasteiger partial charge is 0.199 e. The molecule has 3 rings (SSSR count). The lowest BCUT2D eigenvalue weighted by atomic mass is 10.2. The molecule has 0 aliphatic heterocycles. The Morgan fingerprint density at radius 1 is 0.900 bits per heavy atom. The minimum Gasteiger partial charge on any atom is -0.199 e. The lowest BCUT2D eigenvalue weighted by molar-refractivity contribution is -0.602. The zero-order valence-corrected chi connectivity index (χ0v) is 12.1. The van der Waals surface area contributed by atoms with Gasteiger partial charge in [0.2, 0.25) is 0 Å². The number of para-hydroxylation sites is 2. The number of nitrogens with zero attached hydrogens (tertiary/aromatic N) is 2. The summed E-state index contributed by atoms with van der Waals surface area (Å²) in [5.74, 6) is 0. The first-order chi connectivity index (χ1) is 10.1. The molecule has 0 unspecified atom stereocenters. The normalized spacial score (nSPS) is 11.4. The van der Waals surface area contributed by atoms with Crippen LogP contribution in [-0.4, -0.2) is 4.57 Å². The molecule has 2 aromatic carbocycles. The third kappa shape index (κ3) is 2.03. The topological polar surface area (TPSA) is 8.81 Å². The second-order valence-corrected chi connectivity index (χ2v) is 5.06. The maximum absolute atomic E-state index is 8.61. The van der Waals surface area contributed by atoms with Gasteiger partial charge in [0.25, 0.3) is 6.30 Å². The van der Waals surface area contributed by atoms with Crippen LogP contribution in [0, 0.1) is 20.8 Å². The van der Waals surface area contributed by atoms with Crippen LogP contribution in [0.15, 0.2) is 60.9 Å². The van der Waals surface area contributed by atoms with Crippen molar-refractivity contribution in [1.82, 2.24) is 4.57 Å². The zero-order chi connectivity index (χ0) is 15.0. The second kappa shape index (κ2) is 4.97. The molecule has 0 N–H and O–H groups in total. The molecule has 0 bridgehead atoms. The number of rotatable bonds is 2. The van der Waals surface area contributed by atoms with Gasteiger partial charge in [0.15, 0.2) is 1.37 Å². The highest BCUT2D eigenvalue weighted by atomic mass is 15.1. The third-order valence-corrected chi connectivity index (χ3v) is 3.77. The van der Waals surface area contributed by atoms with Crippen LogP contribution in [0.3, 0.4) is 0 Å². The molecule has 3 aromatic rings. The van der Waals surface area contributed by atoms with Crippen molar-refractivity contribution in [2.75, 3.05) is 0 Å². The van der Waals surface area contributed by atoms with Gasteiger partial charge in [-0.2, -0.15) is 9.13 Å². The maximum Gasteiger partial charge on any atom is 0.254 e. The van der Waals surface area contributed by atoms with E-state index in [2.05, 4.69) is 32.9 Å². The standard InChI is InChI=1S/C18H19N2/c1-14-9-7-8-12-18(14)20-13-19(15(2)16(20)3)17-10-5-4-6-11-17/h4-13H,1-3H3/q+1/i13D. The highest BCUT2D eigenvalue weighted by molar-refractivity contribution is 5.36. The SMILES string of the molecule is [2H]c1n(-c2ccccc2)c(C)c(C)[n+]1-c1ccccc1C. The highest BCUT2D eigenvalue weighted by Crippen LogP contribution is 2.15. The fourth-order valence-corrected chi connectivity index (χ4v) is 2.45. The molecule has 1 heterocycles. The van der Waals surface area contributed by atoms with Gasteiger partial charge in [-0.05, 0) is 30.7 Å². The van der Waals surface area contributed by atoms with Crippen LogP contribution < -0.4 is 4.57 Å². The zero-order valence-electron chi connectivity index (χ0n) is 13.1. The van der Waals surface area contributed by atoms with Gasteiger partial charge in [0.05, 0.1) is 0 Å². The van der Waals surface area contributed by atoms with E-state index in [0.717, 1.165) is 22.8 Å². The first-order valence-electron chi connectivity index (χ1n) is 7.33. The molecule has 0 saturated heterocycles. The van der Waals surface area contributed by atoms with Crippen LogP contribution in [0.1, 0.15) is 18.3 Å². The number of aromatic nitrogens is 2. The van der Waals surface area contributed by atoms with Gasteiger partial charge >= 0.3 is 0 Å². The van der Waals surface area contributed by atoms with E-state index in [-0.39, 0.29) is 0 Å². The van der Waals surface area contributed by atoms with Gasteiger partial charge in [-0.1, -0.05) is 36.4 Å². The van der Waals surface area contributed by atoms with Gasteiger partial charge in [-0.3, -0.25) is 0 Å². The van der Waals surface area contributed by atoms with Gasteiger partial charge in [-0.15, -0.1) is 0 Å². The highest BCUT2D eigenvalue weighted by Gasteiger charge is 2.19. The Labute approximate surface area is 121 Å². The Morgan fingerprint density at radius 3 is 2.25 bits per heavy atom. The molecule has 0 spiro atoms. The number of aryl methyl sites for hydroxylation is 1. The van der Waals surface area contributed by atoms with E-state index in [1.165, 1.54) is 5.56 Å². The lowest BCUT2D eigenvalue weighted by Gasteiger charge is -2.01. The van der Waals surface area contributed by atoms with Gasteiger partial charge in [0, 0.05) is 13.8 Å². The third-order valence-electron chi connectivity index (χ3n) is 3.77. The van der Waals surface area contributed by atoms with Crippen molar-refractivity contribution >= 4 is 0 Å². The minimum atomic E-state index is 0.477. The van der Waals surface area contributed by atoms with E-state index < -0.39 is 0 Å². The first-order valence-corrected chi connectivity index (χ1v) is 6.83. The van der Waals surface area contributed by atoms with Crippen LogP contribution in [-0.2, 0) is 0 Å². The largest absolute Gasteiger partial charge is 0.254 e. The molecule has 0 aliphatic rings. The predicted molar refractivity (Wildman–Crippen MR) is 81.5 cm³/mol. The van der Waals surface area contributed by atoms with Crippen LogP contribution in [0.5, 0.6) is 0 Å². The predicted octanol–water partition coefficient (Wildman–Crippen LogP) is 3.68. The molecule has 0 aliphatic carbocycles. The van der Waals surface area contributed by atoms with Gasteiger partial charge < -0.3 is 0 Å². The van der Waals surface area contributed by atoms with Crippen molar-refractivity contribution < 1.29 is 5.94 Å². The summed E-state index contributed by atoms with van der Waals surface area (Å²) in [7, 11) is 0. The van der Waals surface area contributed by atoms with Crippen molar-refractivity contribution in [3.05, 3.63) is 77.9 Å². The van der Waals surface area contributed by atoms with Gasteiger partial charge in [-0.25, -0.2) is 0 Å². The van der Waals surface area contributed by atoms with E-state index in [0.29, 0.717) is 6.30 Å². The summed E-state index contributed by atoms with van der Waals surface area (Å²) >= 11 is 0.